The second-order valence-corrected chi connectivity index (χ2v) is 10.6. The summed E-state index contributed by atoms with van der Waals surface area (Å²) in [6, 6.07) is 14.1. The number of hydrogen-bond donors (Lipinski definition) is 2. The number of likely N-dealkylation sites (N-methyl/N-ethyl adjacent to an activating group) is 1. The van der Waals surface area contributed by atoms with Gasteiger partial charge < -0.3 is 14.7 Å². The van der Waals surface area contributed by atoms with E-state index in [9.17, 15) is 9.59 Å². The molecule has 1 aromatic carbocycles. The highest BCUT2D eigenvalue weighted by Gasteiger charge is 2.42. The van der Waals surface area contributed by atoms with Crippen molar-refractivity contribution in [2.75, 3.05) is 57.8 Å². The lowest BCUT2D eigenvalue weighted by Crippen LogP contribution is -2.61. The van der Waals surface area contributed by atoms with E-state index in [0.29, 0.717) is 38.2 Å². The third kappa shape index (κ3) is 5.61. The molecule has 3 atom stereocenters. The Labute approximate surface area is 228 Å². The van der Waals surface area contributed by atoms with Gasteiger partial charge in [-0.2, -0.15) is 5.26 Å². The van der Waals surface area contributed by atoms with Crippen molar-refractivity contribution in [3.05, 3.63) is 59.3 Å². The zero-order valence-electron chi connectivity index (χ0n) is 21.5. The van der Waals surface area contributed by atoms with E-state index in [1.54, 1.807) is 12.3 Å². The number of nitrogens with one attached hydrogen (secondary N) is 2. The number of alkyl halides is 1. The highest BCUT2D eigenvalue weighted by atomic mass is 35.5. The highest BCUT2D eigenvalue weighted by Crippen LogP contribution is 2.37. The Bertz CT molecular complexity index is 1190. The van der Waals surface area contributed by atoms with Crippen molar-refractivity contribution in [2.24, 2.45) is 0 Å². The maximum absolute atomic E-state index is 13.0. The molecule has 200 valence electrons. The van der Waals surface area contributed by atoms with Crippen LogP contribution >= 0.6 is 11.6 Å². The Kier molecular flexibility index (Phi) is 8.09. The number of rotatable bonds is 7. The number of aromatic nitrogens is 1. The fourth-order valence-corrected chi connectivity index (χ4v) is 5.86. The van der Waals surface area contributed by atoms with E-state index < -0.39 is 5.38 Å². The fourth-order valence-electron chi connectivity index (χ4n) is 5.57. The number of hydrazine groups is 1. The zero-order chi connectivity index (χ0) is 26.6. The minimum Gasteiger partial charge on any atom is -0.353 e. The van der Waals surface area contributed by atoms with Crippen molar-refractivity contribution < 1.29 is 9.59 Å². The monoisotopic (exact) mass is 536 g/mol. The number of nitrogens with zero attached hydrogens (tertiary/aromatic N) is 6. The number of piperazine rings is 1. The molecule has 0 bridgehead atoms. The summed E-state index contributed by atoms with van der Waals surface area (Å²) in [5.74, 6) is 0.788. The molecule has 2 saturated heterocycles. The van der Waals surface area contributed by atoms with E-state index >= 15 is 0 Å². The van der Waals surface area contributed by atoms with E-state index in [-0.39, 0.29) is 23.9 Å². The minimum atomic E-state index is -0.627. The topological polar surface area (TPSA) is 108 Å². The Balaban J connectivity index is 1.15. The molecule has 11 heteroatoms. The summed E-state index contributed by atoms with van der Waals surface area (Å²) in [5, 5.41) is 8.34. The van der Waals surface area contributed by atoms with Crippen LogP contribution in [0.5, 0.6) is 0 Å². The van der Waals surface area contributed by atoms with Crippen LogP contribution in [0, 0.1) is 11.3 Å². The van der Waals surface area contributed by atoms with Crippen LogP contribution in [0.15, 0.2) is 42.6 Å². The molecule has 3 aliphatic rings. The molecule has 10 nitrogen and oxygen atoms in total. The Hall–Kier alpha value is -3.23. The fraction of sp³-hybridized carbons (Fsp3) is 0.481. The summed E-state index contributed by atoms with van der Waals surface area (Å²) in [6.45, 7) is 5.46. The summed E-state index contributed by atoms with van der Waals surface area (Å²) >= 11 is 6.53. The van der Waals surface area contributed by atoms with E-state index in [1.165, 1.54) is 11.1 Å². The van der Waals surface area contributed by atoms with Crippen LogP contribution < -0.4 is 15.8 Å². The van der Waals surface area contributed by atoms with Crippen molar-refractivity contribution in [1.29, 1.82) is 5.26 Å². The van der Waals surface area contributed by atoms with Gasteiger partial charge in [0, 0.05) is 71.0 Å². The third-order valence-corrected chi connectivity index (χ3v) is 8.22. The molecule has 2 fully saturated rings. The van der Waals surface area contributed by atoms with Gasteiger partial charge in [0.1, 0.15) is 17.3 Å². The van der Waals surface area contributed by atoms with Crippen molar-refractivity contribution in [2.45, 2.75) is 30.4 Å². The molecule has 2 N–H and O–H groups in total. The molecule has 2 amide bonds. The minimum absolute atomic E-state index is 0.0914. The van der Waals surface area contributed by atoms with Gasteiger partial charge >= 0.3 is 0 Å². The van der Waals surface area contributed by atoms with Crippen LogP contribution in [-0.4, -0.2) is 95.8 Å². The quantitative estimate of drug-likeness (QED) is 0.506. The number of pyridine rings is 1. The Morgan fingerprint density at radius 3 is 2.74 bits per heavy atom. The van der Waals surface area contributed by atoms with E-state index in [0.717, 1.165) is 32.0 Å². The van der Waals surface area contributed by atoms with Gasteiger partial charge in [0.05, 0.1) is 11.6 Å². The lowest BCUT2D eigenvalue weighted by Gasteiger charge is -2.39. The standard InChI is InChI=1S/C27H33ClN8O2/c1-33(9-8-25(37)35-12-10-34(11-13-35)24-7-6-19(14-29)15-30-24)18-23-21-5-3-2-4-20(21)17-36(23)22-16-31-32-27(38)26(22)28/h2-7,15,22-23,26,31H,8-13,16-18H2,1H3,(H,32,38)/t22?,23-,26?/m1/s1. The van der Waals surface area contributed by atoms with Gasteiger partial charge in [-0.05, 0) is 30.3 Å². The van der Waals surface area contributed by atoms with Crippen molar-refractivity contribution in [3.63, 3.8) is 0 Å². The molecule has 3 aliphatic heterocycles. The average Bonchev–Trinajstić information content (AvgIpc) is 3.31. The van der Waals surface area contributed by atoms with Crippen LogP contribution in [0.25, 0.3) is 0 Å². The first-order valence-corrected chi connectivity index (χ1v) is 13.5. The summed E-state index contributed by atoms with van der Waals surface area (Å²) < 4.78 is 0. The number of hydrogen-bond acceptors (Lipinski definition) is 8. The Morgan fingerprint density at radius 1 is 1.21 bits per heavy atom. The van der Waals surface area contributed by atoms with Gasteiger partial charge in [-0.3, -0.25) is 19.9 Å². The smallest absolute Gasteiger partial charge is 0.253 e. The first-order chi connectivity index (χ1) is 18.4. The summed E-state index contributed by atoms with van der Waals surface area (Å²) in [7, 11) is 2.05. The highest BCUT2D eigenvalue weighted by molar-refractivity contribution is 6.31. The Morgan fingerprint density at radius 2 is 2.00 bits per heavy atom. The molecule has 5 rings (SSSR count). The summed E-state index contributed by atoms with van der Waals surface area (Å²) in [4.78, 5) is 38.2. The third-order valence-electron chi connectivity index (χ3n) is 7.73. The maximum Gasteiger partial charge on any atom is 0.253 e. The molecule has 0 aliphatic carbocycles. The van der Waals surface area contributed by atoms with Gasteiger partial charge in [-0.15, -0.1) is 11.6 Å². The van der Waals surface area contributed by atoms with Crippen LogP contribution in [0.3, 0.4) is 0 Å². The SMILES string of the molecule is CN(CCC(=O)N1CCN(c2ccc(C#N)cn2)CC1)C[C@@H]1c2ccccc2CN1C1CNNC(=O)C1Cl. The number of halogens is 1. The lowest BCUT2D eigenvalue weighted by atomic mass is 10.0. The van der Waals surface area contributed by atoms with Gasteiger partial charge in [0.15, 0.2) is 0 Å². The van der Waals surface area contributed by atoms with Crippen molar-refractivity contribution in [1.82, 2.24) is 30.5 Å². The molecular formula is C27H33ClN8O2. The van der Waals surface area contributed by atoms with E-state index in [1.807, 2.05) is 24.1 Å². The number of amides is 2. The molecule has 0 spiro atoms. The van der Waals surface area contributed by atoms with Gasteiger partial charge in [0.25, 0.3) is 5.91 Å². The number of fused-ring (bicyclic) bond motifs is 1. The number of carbonyl (C=O) groups is 2. The maximum atomic E-state index is 13.0. The molecule has 0 saturated carbocycles. The number of nitriles is 1. The first-order valence-electron chi connectivity index (χ1n) is 13.0. The van der Waals surface area contributed by atoms with Gasteiger partial charge in [-0.1, -0.05) is 24.3 Å². The second kappa shape index (κ2) is 11.7. The summed E-state index contributed by atoms with van der Waals surface area (Å²) in [5.41, 5.74) is 8.66. The summed E-state index contributed by atoms with van der Waals surface area (Å²) in [6.07, 6.45) is 2.03. The number of anilines is 1. The number of carbonyl (C=O) groups excluding carboxylic acids is 2. The zero-order valence-corrected chi connectivity index (χ0v) is 22.3. The van der Waals surface area contributed by atoms with Crippen molar-refractivity contribution >= 4 is 29.2 Å². The van der Waals surface area contributed by atoms with E-state index in [4.69, 9.17) is 16.9 Å². The predicted molar refractivity (Wildman–Crippen MR) is 144 cm³/mol. The normalized spacial score (nSPS) is 23.7. The lowest BCUT2D eigenvalue weighted by molar-refractivity contribution is -0.132. The molecule has 2 aromatic rings. The number of benzene rings is 1. The van der Waals surface area contributed by atoms with E-state index in [2.05, 4.69) is 54.8 Å². The van der Waals surface area contributed by atoms with Gasteiger partial charge in [0.2, 0.25) is 5.91 Å². The second-order valence-electron chi connectivity index (χ2n) is 10.1. The molecule has 0 radical (unpaired) electrons. The predicted octanol–water partition coefficient (Wildman–Crippen LogP) is 1.09. The molecular weight excluding hydrogens is 504 g/mol. The first kappa shape index (κ1) is 26.4. The van der Waals surface area contributed by atoms with Crippen molar-refractivity contribution in [3.8, 4) is 6.07 Å². The average molecular weight is 537 g/mol. The van der Waals surface area contributed by atoms with Gasteiger partial charge in [-0.25, -0.2) is 10.4 Å². The molecule has 2 unspecified atom stereocenters. The van der Waals surface area contributed by atoms with Crippen LogP contribution in [0.2, 0.25) is 0 Å². The van der Waals surface area contributed by atoms with Crippen LogP contribution in [0.4, 0.5) is 5.82 Å². The van der Waals surface area contributed by atoms with Crippen LogP contribution in [0.1, 0.15) is 29.2 Å². The molecule has 4 heterocycles. The van der Waals surface area contributed by atoms with Crippen LogP contribution in [-0.2, 0) is 16.1 Å². The molecule has 38 heavy (non-hydrogen) atoms. The molecule has 1 aromatic heterocycles. The largest absolute Gasteiger partial charge is 0.353 e.